The molecule has 3 rings (SSSR count). The average molecular weight is 309 g/mol. The summed E-state index contributed by atoms with van der Waals surface area (Å²) >= 11 is 1.60. The van der Waals surface area contributed by atoms with Crippen LogP contribution in [-0.2, 0) is 16.0 Å². The molecule has 7 nitrogen and oxygen atoms in total. The highest BCUT2D eigenvalue weighted by atomic mass is 32.1. The molecule has 0 spiro atoms. The minimum absolute atomic E-state index is 0.0944. The van der Waals surface area contributed by atoms with E-state index in [-0.39, 0.29) is 12.1 Å². The van der Waals surface area contributed by atoms with E-state index in [1.165, 1.54) is 0 Å². The van der Waals surface area contributed by atoms with E-state index >= 15 is 0 Å². The molecule has 0 unspecified atom stereocenters. The lowest BCUT2D eigenvalue weighted by atomic mass is 9.91. The second kappa shape index (κ2) is 5.36. The Hall–Kier alpha value is -2.09. The molecule has 2 atom stereocenters. The number of carbonyl (C=O) groups excluding carboxylic acids is 2. The van der Waals surface area contributed by atoms with E-state index in [4.69, 9.17) is 5.11 Å². The number of rotatable bonds is 3. The quantitative estimate of drug-likeness (QED) is 0.749. The van der Waals surface area contributed by atoms with Gasteiger partial charge in [-0.1, -0.05) is 0 Å². The summed E-state index contributed by atoms with van der Waals surface area (Å²) in [6, 6.07) is 0.960. The molecule has 0 radical (unpaired) electrons. The molecule has 21 heavy (non-hydrogen) atoms. The van der Waals surface area contributed by atoms with Gasteiger partial charge in [-0.05, 0) is 23.4 Å². The Morgan fingerprint density at radius 3 is 3.10 bits per heavy atom. The summed E-state index contributed by atoms with van der Waals surface area (Å²) in [5.74, 6) is -1.52. The van der Waals surface area contributed by atoms with Gasteiger partial charge in [0.2, 0.25) is 5.91 Å². The van der Waals surface area contributed by atoms with Crippen LogP contribution in [0.25, 0.3) is 0 Å². The smallest absolute Gasteiger partial charge is 0.322 e. The first-order chi connectivity index (χ1) is 10.1. The summed E-state index contributed by atoms with van der Waals surface area (Å²) in [6.07, 6.45) is 1.18. The van der Waals surface area contributed by atoms with Crippen molar-refractivity contribution in [2.45, 2.75) is 24.9 Å². The van der Waals surface area contributed by atoms with Crippen LogP contribution in [0.1, 0.15) is 22.9 Å². The van der Waals surface area contributed by atoms with E-state index in [0.717, 1.165) is 16.9 Å². The van der Waals surface area contributed by atoms with Gasteiger partial charge in [-0.25, -0.2) is 4.79 Å². The number of nitrogens with one attached hydrogen (secondary N) is 2. The predicted molar refractivity (Wildman–Crippen MR) is 75.1 cm³/mol. The van der Waals surface area contributed by atoms with Crippen LogP contribution in [-0.4, -0.2) is 47.0 Å². The first-order valence-corrected chi connectivity index (χ1v) is 7.58. The Labute approximate surface area is 124 Å². The number of urea groups is 1. The minimum atomic E-state index is -1.10. The molecule has 1 aromatic heterocycles. The van der Waals surface area contributed by atoms with Gasteiger partial charge in [0.1, 0.15) is 12.6 Å². The second-order valence-corrected chi connectivity index (χ2v) is 6.03. The van der Waals surface area contributed by atoms with Crippen molar-refractivity contribution in [1.29, 1.82) is 0 Å². The molecular weight excluding hydrogens is 294 g/mol. The molecule has 1 saturated heterocycles. The van der Waals surface area contributed by atoms with Crippen LogP contribution in [0.4, 0.5) is 4.79 Å². The van der Waals surface area contributed by atoms with Crippen LogP contribution in [0, 0.1) is 0 Å². The zero-order valence-corrected chi connectivity index (χ0v) is 12.0. The molecule has 1 fully saturated rings. The van der Waals surface area contributed by atoms with Crippen molar-refractivity contribution in [2.24, 2.45) is 0 Å². The maximum absolute atomic E-state index is 12.2. The molecule has 0 saturated carbocycles. The Morgan fingerprint density at radius 1 is 1.52 bits per heavy atom. The van der Waals surface area contributed by atoms with Crippen LogP contribution < -0.4 is 10.6 Å². The number of hydrogen-bond donors (Lipinski definition) is 3. The van der Waals surface area contributed by atoms with Crippen LogP contribution in [0.2, 0.25) is 0 Å². The number of carboxylic acids is 1. The zero-order chi connectivity index (χ0) is 15.0. The fraction of sp³-hybridized carbons (Fsp3) is 0.462. The van der Waals surface area contributed by atoms with E-state index in [0.29, 0.717) is 13.0 Å². The Morgan fingerprint density at radius 2 is 2.33 bits per heavy atom. The van der Waals surface area contributed by atoms with E-state index in [1.807, 2.05) is 11.4 Å². The molecular formula is C13H15N3O4S. The molecule has 2 aliphatic rings. The molecule has 3 N–H and O–H groups in total. The van der Waals surface area contributed by atoms with E-state index in [9.17, 15) is 14.4 Å². The summed E-state index contributed by atoms with van der Waals surface area (Å²) in [7, 11) is 0. The van der Waals surface area contributed by atoms with Crippen molar-refractivity contribution in [1.82, 2.24) is 15.5 Å². The Kier molecular flexibility index (Phi) is 3.54. The lowest BCUT2D eigenvalue weighted by Gasteiger charge is -2.43. The molecule has 112 valence electrons. The molecule has 0 bridgehead atoms. The highest BCUT2D eigenvalue weighted by molar-refractivity contribution is 7.10. The van der Waals surface area contributed by atoms with Crippen molar-refractivity contribution in [3.8, 4) is 0 Å². The summed E-state index contributed by atoms with van der Waals surface area (Å²) in [5.41, 5.74) is 1.08. The topological polar surface area (TPSA) is 98.7 Å². The third-order valence-corrected chi connectivity index (χ3v) is 4.87. The first-order valence-electron chi connectivity index (χ1n) is 6.70. The highest BCUT2D eigenvalue weighted by Crippen LogP contribution is 2.39. The average Bonchev–Trinajstić information content (AvgIpc) is 2.92. The fourth-order valence-electron chi connectivity index (χ4n) is 2.92. The van der Waals surface area contributed by atoms with Crippen molar-refractivity contribution < 1.29 is 19.5 Å². The van der Waals surface area contributed by atoms with Gasteiger partial charge in [-0.2, -0.15) is 0 Å². The zero-order valence-electron chi connectivity index (χ0n) is 11.2. The number of fused-ring (bicyclic) bond motifs is 3. The Bertz CT molecular complexity index is 600. The largest absolute Gasteiger partial charge is 0.480 e. The minimum Gasteiger partial charge on any atom is -0.480 e. The van der Waals surface area contributed by atoms with Crippen LogP contribution in [0.15, 0.2) is 11.4 Å². The van der Waals surface area contributed by atoms with Crippen LogP contribution in [0.5, 0.6) is 0 Å². The number of amides is 3. The molecule has 8 heteroatoms. The standard InChI is InChI=1S/C13H15N3O4S/c17-10(18)6-15-12(19)9-5-7-2-4-21-11(7)8-1-3-14-13(20)16(8)9/h2,4,8-9H,1,3,5-6H2,(H,14,20)(H,15,19)(H,17,18)/t8-,9+/m1/s1. The second-order valence-electron chi connectivity index (χ2n) is 5.09. The number of thiophene rings is 1. The van der Waals surface area contributed by atoms with Gasteiger partial charge in [0, 0.05) is 17.8 Å². The van der Waals surface area contributed by atoms with Gasteiger partial charge < -0.3 is 20.6 Å². The number of carboxylic acid groups (broad SMARTS) is 1. The van der Waals surface area contributed by atoms with Gasteiger partial charge in [0.15, 0.2) is 0 Å². The summed E-state index contributed by atoms with van der Waals surface area (Å²) in [4.78, 5) is 37.6. The monoisotopic (exact) mass is 309 g/mol. The van der Waals surface area contributed by atoms with Crippen LogP contribution >= 0.6 is 11.3 Å². The molecule has 3 heterocycles. The van der Waals surface area contributed by atoms with Gasteiger partial charge in [-0.3, -0.25) is 9.59 Å². The van der Waals surface area contributed by atoms with Crippen molar-refractivity contribution in [2.75, 3.05) is 13.1 Å². The highest BCUT2D eigenvalue weighted by Gasteiger charge is 2.43. The summed E-state index contributed by atoms with van der Waals surface area (Å²) < 4.78 is 0. The number of aliphatic carboxylic acids is 1. The number of nitrogens with zero attached hydrogens (tertiary/aromatic N) is 1. The first kappa shape index (κ1) is 13.9. The third kappa shape index (κ3) is 2.46. The van der Waals surface area contributed by atoms with Crippen molar-refractivity contribution >= 4 is 29.2 Å². The van der Waals surface area contributed by atoms with Gasteiger partial charge in [0.25, 0.3) is 0 Å². The van der Waals surface area contributed by atoms with Gasteiger partial charge in [0.05, 0.1) is 6.04 Å². The number of carbonyl (C=O) groups is 3. The maximum Gasteiger partial charge on any atom is 0.322 e. The van der Waals surface area contributed by atoms with E-state index < -0.39 is 24.5 Å². The predicted octanol–water partition coefficient (Wildman–Crippen LogP) is 0.330. The molecule has 0 aromatic carbocycles. The lowest BCUT2D eigenvalue weighted by molar-refractivity contribution is -0.138. The number of hydrogen-bond acceptors (Lipinski definition) is 4. The summed E-state index contributed by atoms with van der Waals surface area (Å²) in [6.45, 7) is 0.146. The van der Waals surface area contributed by atoms with E-state index in [2.05, 4.69) is 10.6 Å². The lowest BCUT2D eigenvalue weighted by Crippen LogP contribution is -2.60. The molecule has 3 amide bonds. The fourth-order valence-corrected chi connectivity index (χ4v) is 3.99. The van der Waals surface area contributed by atoms with Crippen molar-refractivity contribution in [3.05, 3.63) is 21.9 Å². The Balaban J connectivity index is 1.87. The van der Waals surface area contributed by atoms with Gasteiger partial charge >= 0.3 is 12.0 Å². The molecule has 2 aliphatic heterocycles. The summed E-state index contributed by atoms with van der Waals surface area (Å²) in [5, 5.41) is 15.8. The SMILES string of the molecule is O=C(O)CNC(=O)[C@@H]1Cc2ccsc2[C@H]2CCNC(=O)N21. The van der Waals surface area contributed by atoms with Gasteiger partial charge in [-0.15, -0.1) is 11.3 Å². The van der Waals surface area contributed by atoms with E-state index in [1.54, 1.807) is 16.2 Å². The molecule has 1 aromatic rings. The maximum atomic E-state index is 12.2. The normalized spacial score (nSPS) is 23.8. The van der Waals surface area contributed by atoms with Crippen LogP contribution in [0.3, 0.4) is 0 Å². The molecule has 0 aliphatic carbocycles. The van der Waals surface area contributed by atoms with Crippen molar-refractivity contribution in [3.63, 3.8) is 0 Å². The third-order valence-electron chi connectivity index (χ3n) is 3.81.